The van der Waals surface area contributed by atoms with Crippen molar-refractivity contribution in [2.45, 2.75) is 13.0 Å². The first-order valence-corrected chi connectivity index (χ1v) is 6.78. The number of benzene rings is 1. The van der Waals surface area contributed by atoms with E-state index in [1.54, 1.807) is 7.11 Å². The second-order valence-corrected chi connectivity index (χ2v) is 5.32. The van der Waals surface area contributed by atoms with Gasteiger partial charge in [0.05, 0.1) is 18.7 Å². The van der Waals surface area contributed by atoms with Crippen LogP contribution in [0.5, 0.6) is 5.75 Å². The fourth-order valence-electron chi connectivity index (χ4n) is 2.96. The summed E-state index contributed by atoms with van der Waals surface area (Å²) in [4.78, 5) is 5.92. The zero-order valence-electron chi connectivity index (χ0n) is 11.8. The zero-order chi connectivity index (χ0) is 13.4. The van der Waals surface area contributed by atoms with Gasteiger partial charge in [-0.3, -0.25) is 0 Å². The standard InChI is InChI=1S/C15H21N3O/c1-10-11-5-4-6-13(19-3)15(11)17-14(10)12-9-18(2)8-7-16-12/h4-6,12,16-17H,7-9H2,1-3H3. The molecule has 0 aliphatic carbocycles. The van der Waals surface area contributed by atoms with Crippen molar-refractivity contribution in [2.24, 2.45) is 0 Å². The predicted octanol–water partition coefficient (Wildman–Crippen LogP) is 2.06. The van der Waals surface area contributed by atoms with Gasteiger partial charge in [0.15, 0.2) is 0 Å². The van der Waals surface area contributed by atoms with Crippen LogP contribution < -0.4 is 10.1 Å². The van der Waals surface area contributed by atoms with Crippen LogP contribution in [0, 0.1) is 6.92 Å². The van der Waals surface area contributed by atoms with Gasteiger partial charge in [0, 0.05) is 30.7 Å². The number of hydrogen-bond donors (Lipinski definition) is 2. The van der Waals surface area contributed by atoms with Gasteiger partial charge in [-0.2, -0.15) is 0 Å². The van der Waals surface area contributed by atoms with Crippen molar-refractivity contribution in [2.75, 3.05) is 33.8 Å². The number of piperazine rings is 1. The van der Waals surface area contributed by atoms with Crippen molar-refractivity contribution in [3.8, 4) is 5.75 Å². The average molecular weight is 259 g/mol. The third kappa shape index (κ3) is 2.11. The Hall–Kier alpha value is -1.52. The van der Waals surface area contributed by atoms with Crippen LogP contribution in [-0.4, -0.2) is 43.7 Å². The minimum absolute atomic E-state index is 0.371. The van der Waals surface area contributed by atoms with Crippen LogP contribution >= 0.6 is 0 Å². The summed E-state index contributed by atoms with van der Waals surface area (Å²) in [5.41, 5.74) is 3.71. The first-order chi connectivity index (χ1) is 9.20. The highest BCUT2D eigenvalue weighted by molar-refractivity contribution is 5.89. The number of hydrogen-bond acceptors (Lipinski definition) is 3. The highest BCUT2D eigenvalue weighted by Gasteiger charge is 2.22. The maximum absolute atomic E-state index is 5.44. The van der Waals surface area contributed by atoms with Gasteiger partial charge >= 0.3 is 0 Å². The number of aryl methyl sites for hydroxylation is 1. The van der Waals surface area contributed by atoms with Crippen molar-refractivity contribution in [3.63, 3.8) is 0 Å². The summed E-state index contributed by atoms with van der Waals surface area (Å²) in [7, 11) is 3.89. The molecule has 4 nitrogen and oxygen atoms in total. The number of aromatic nitrogens is 1. The van der Waals surface area contributed by atoms with E-state index in [1.807, 2.05) is 12.1 Å². The van der Waals surface area contributed by atoms with Gasteiger partial charge in [-0.25, -0.2) is 0 Å². The van der Waals surface area contributed by atoms with Gasteiger partial charge in [-0.05, 0) is 25.6 Å². The van der Waals surface area contributed by atoms with Crippen LogP contribution in [0.25, 0.3) is 10.9 Å². The van der Waals surface area contributed by atoms with Crippen LogP contribution in [0.4, 0.5) is 0 Å². The summed E-state index contributed by atoms with van der Waals surface area (Å²) in [6.45, 7) is 5.37. The van der Waals surface area contributed by atoms with Crippen LogP contribution in [0.3, 0.4) is 0 Å². The number of nitrogens with zero attached hydrogens (tertiary/aromatic N) is 1. The first kappa shape index (κ1) is 12.5. The molecule has 0 radical (unpaired) electrons. The molecule has 1 aliphatic heterocycles. The van der Waals surface area contributed by atoms with E-state index in [1.165, 1.54) is 16.6 Å². The van der Waals surface area contributed by atoms with Gasteiger partial charge < -0.3 is 19.9 Å². The second-order valence-electron chi connectivity index (χ2n) is 5.32. The van der Waals surface area contributed by atoms with E-state index in [0.717, 1.165) is 30.9 Å². The Bertz CT molecular complexity index is 590. The summed E-state index contributed by atoms with van der Waals surface area (Å²) >= 11 is 0. The second kappa shape index (κ2) is 4.87. The molecule has 1 unspecified atom stereocenters. The van der Waals surface area contributed by atoms with Gasteiger partial charge in [0.2, 0.25) is 0 Å². The van der Waals surface area contributed by atoms with Crippen molar-refractivity contribution < 1.29 is 4.74 Å². The molecule has 1 aromatic carbocycles. The molecule has 1 atom stereocenters. The number of H-pyrrole nitrogens is 1. The first-order valence-electron chi connectivity index (χ1n) is 6.78. The summed E-state index contributed by atoms with van der Waals surface area (Å²) in [5, 5.41) is 4.85. The fraction of sp³-hybridized carbons (Fsp3) is 0.467. The maximum Gasteiger partial charge on any atom is 0.142 e. The molecule has 3 rings (SSSR count). The summed E-state index contributed by atoms with van der Waals surface area (Å²) < 4.78 is 5.44. The molecule has 102 valence electrons. The summed E-state index contributed by atoms with van der Waals surface area (Å²) in [6, 6.07) is 6.57. The van der Waals surface area contributed by atoms with Gasteiger partial charge in [-0.1, -0.05) is 12.1 Å². The van der Waals surface area contributed by atoms with Crippen LogP contribution in [0.2, 0.25) is 0 Å². The van der Waals surface area contributed by atoms with E-state index in [-0.39, 0.29) is 0 Å². The number of rotatable bonds is 2. The Morgan fingerprint density at radius 3 is 2.95 bits per heavy atom. The van der Waals surface area contributed by atoms with E-state index >= 15 is 0 Å². The SMILES string of the molecule is COc1cccc2c(C)c(C3CN(C)CCN3)[nH]c12. The maximum atomic E-state index is 5.44. The Labute approximate surface area is 113 Å². The molecule has 1 saturated heterocycles. The van der Waals surface area contributed by atoms with E-state index in [0.29, 0.717) is 6.04 Å². The lowest BCUT2D eigenvalue weighted by atomic mass is 10.1. The Morgan fingerprint density at radius 1 is 1.37 bits per heavy atom. The lowest BCUT2D eigenvalue weighted by molar-refractivity contribution is 0.238. The largest absolute Gasteiger partial charge is 0.495 e. The number of aromatic amines is 1. The predicted molar refractivity (Wildman–Crippen MR) is 77.8 cm³/mol. The van der Waals surface area contributed by atoms with E-state index < -0.39 is 0 Å². The Morgan fingerprint density at radius 2 is 2.21 bits per heavy atom. The highest BCUT2D eigenvalue weighted by Crippen LogP contribution is 2.32. The molecule has 2 aromatic rings. The molecular formula is C15H21N3O. The van der Waals surface area contributed by atoms with Crippen molar-refractivity contribution in [3.05, 3.63) is 29.5 Å². The normalized spacial score (nSPS) is 20.9. The van der Waals surface area contributed by atoms with Crippen LogP contribution in [0.15, 0.2) is 18.2 Å². The quantitative estimate of drug-likeness (QED) is 0.867. The van der Waals surface area contributed by atoms with E-state index in [9.17, 15) is 0 Å². The average Bonchev–Trinajstić information content (AvgIpc) is 2.76. The van der Waals surface area contributed by atoms with Crippen molar-refractivity contribution in [1.82, 2.24) is 15.2 Å². The minimum Gasteiger partial charge on any atom is -0.495 e. The number of methoxy groups -OCH3 is 1. The molecule has 1 aliphatic rings. The molecule has 1 aromatic heterocycles. The lowest BCUT2D eigenvalue weighted by Crippen LogP contribution is -2.44. The minimum atomic E-state index is 0.371. The van der Waals surface area contributed by atoms with Crippen molar-refractivity contribution >= 4 is 10.9 Å². The van der Waals surface area contributed by atoms with Crippen molar-refractivity contribution in [1.29, 1.82) is 0 Å². The topological polar surface area (TPSA) is 40.3 Å². The van der Waals surface area contributed by atoms with E-state index in [2.05, 4.69) is 35.2 Å². The number of fused-ring (bicyclic) bond motifs is 1. The zero-order valence-corrected chi connectivity index (χ0v) is 11.8. The third-order valence-electron chi connectivity index (χ3n) is 4.04. The molecule has 0 spiro atoms. The molecular weight excluding hydrogens is 238 g/mol. The van der Waals surface area contributed by atoms with Gasteiger partial charge in [0.25, 0.3) is 0 Å². The summed E-state index contributed by atoms with van der Waals surface area (Å²) in [6.07, 6.45) is 0. The molecule has 2 N–H and O–H groups in total. The molecule has 0 saturated carbocycles. The van der Waals surface area contributed by atoms with Gasteiger partial charge in [0.1, 0.15) is 5.75 Å². The fourth-order valence-corrected chi connectivity index (χ4v) is 2.96. The lowest BCUT2D eigenvalue weighted by Gasteiger charge is -2.30. The van der Waals surface area contributed by atoms with Crippen LogP contribution in [0.1, 0.15) is 17.3 Å². The van der Waals surface area contributed by atoms with Crippen LogP contribution in [-0.2, 0) is 0 Å². The number of nitrogens with one attached hydrogen (secondary N) is 2. The molecule has 0 bridgehead atoms. The Kier molecular flexibility index (Phi) is 3.21. The third-order valence-corrected chi connectivity index (χ3v) is 4.04. The highest BCUT2D eigenvalue weighted by atomic mass is 16.5. The molecule has 19 heavy (non-hydrogen) atoms. The molecule has 1 fully saturated rings. The molecule has 4 heteroatoms. The summed E-state index contributed by atoms with van der Waals surface area (Å²) in [5.74, 6) is 0.913. The number of likely N-dealkylation sites (N-methyl/N-ethyl adjacent to an activating group) is 1. The molecule has 0 amide bonds. The van der Waals surface area contributed by atoms with E-state index in [4.69, 9.17) is 4.74 Å². The van der Waals surface area contributed by atoms with Gasteiger partial charge in [-0.15, -0.1) is 0 Å². The monoisotopic (exact) mass is 259 g/mol. The Balaban J connectivity index is 2.06. The number of para-hydroxylation sites is 1. The number of ether oxygens (including phenoxy) is 1. The smallest absolute Gasteiger partial charge is 0.142 e. The molecule has 2 heterocycles.